The van der Waals surface area contributed by atoms with E-state index in [2.05, 4.69) is 67.0 Å². The van der Waals surface area contributed by atoms with Gasteiger partial charge in [0.1, 0.15) is 5.60 Å². The minimum Gasteiger partial charge on any atom is -0.389 e. The SMILES string of the molecule is Cc1ccc(C2=NOC(C)(C)C2C)cc1Br. The highest BCUT2D eigenvalue weighted by atomic mass is 79.9. The molecule has 1 unspecified atom stereocenters. The van der Waals surface area contributed by atoms with Crippen LogP contribution in [-0.2, 0) is 4.84 Å². The molecule has 2 rings (SSSR count). The van der Waals surface area contributed by atoms with Crippen LogP contribution in [0, 0.1) is 12.8 Å². The minimum absolute atomic E-state index is 0.202. The summed E-state index contributed by atoms with van der Waals surface area (Å²) in [5.74, 6) is 0.308. The van der Waals surface area contributed by atoms with E-state index in [0.29, 0.717) is 5.92 Å². The second-order valence-electron chi connectivity index (χ2n) is 4.86. The van der Waals surface area contributed by atoms with Crippen LogP contribution in [0.15, 0.2) is 27.8 Å². The van der Waals surface area contributed by atoms with Gasteiger partial charge < -0.3 is 4.84 Å². The van der Waals surface area contributed by atoms with Gasteiger partial charge in [0.05, 0.1) is 5.71 Å². The zero-order valence-electron chi connectivity index (χ0n) is 10.0. The van der Waals surface area contributed by atoms with Crippen LogP contribution in [0.4, 0.5) is 0 Å². The molecule has 0 radical (unpaired) electrons. The number of aryl methyl sites for hydroxylation is 1. The van der Waals surface area contributed by atoms with E-state index in [0.717, 1.165) is 15.7 Å². The van der Waals surface area contributed by atoms with E-state index in [1.165, 1.54) is 5.56 Å². The number of oxime groups is 1. The van der Waals surface area contributed by atoms with E-state index in [1.807, 2.05) is 0 Å². The van der Waals surface area contributed by atoms with Crippen molar-refractivity contribution in [2.24, 2.45) is 11.1 Å². The molecule has 3 heteroatoms. The quantitative estimate of drug-likeness (QED) is 0.765. The molecule has 0 fully saturated rings. The van der Waals surface area contributed by atoms with Crippen molar-refractivity contribution in [2.45, 2.75) is 33.3 Å². The third kappa shape index (κ3) is 1.88. The summed E-state index contributed by atoms with van der Waals surface area (Å²) in [5, 5.41) is 4.21. The molecule has 1 aromatic rings. The molecule has 1 aliphatic rings. The van der Waals surface area contributed by atoms with Crippen molar-refractivity contribution in [1.29, 1.82) is 0 Å². The van der Waals surface area contributed by atoms with E-state index in [-0.39, 0.29) is 5.60 Å². The molecule has 2 nitrogen and oxygen atoms in total. The van der Waals surface area contributed by atoms with Crippen LogP contribution in [0.3, 0.4) is 0 Å². The average Bonchev–Trinajstić information content (AvgIpc) is 2.48. The molecular weight excluding hydrogens is 266 g/mol. The van der Waals surface area contributed by atoms with Gasteiger partial charge in [-0.3, -0.25) is 0 Å². The van der Waals surface area contributed by atoms with Gasteiger partial charge in [-0.2, -0.15) is 0 Å². The highest BCUT2D eigenvalue weighted by Crippen LogP contribution is 2.32. The molecule has 1 heterocycles. The zero-order valence-corrected chi connectivity index (χ0v) is 11.6. The fourth-order valence-electron chi connectivity index (χ4n) is 1.71. The van der Waals surface area contributed by atoms with E-state index >= 15 is 0 Å². The van der Waals surface area contributed by atoms with Crippen LogP contribution < -0.4 is 0 Å². The number of nitrogens with zero attached hydrogens (tertiary/aromatic N) is 1. The van der Waals surface area contributed by atoms with Gasteiger partial charge in [0.15, 0.2) is 0 Å². The highest BCUT2D eigenvalue weighted by Gasteiger charge is 2.38. The van der Waals surface area contributed by atoms with Gasteiger partial charge in [-0.05, 0) is 32.4 Å². The van der Waals surface area contributed by atoms with E-state index in [9.17, 15) is 0 Å². The minimum atomic E-state index is -0.202. The van der Waals surface area contributed by atoms with Crippen LogP contribution >= 0.6 is 15.9 Å². The average molecular weight is 282 g/mol. The Morgan fingerprint density at radius 1 is 1.38 bits per heavy atom. The van der Waals surface area contributed by atoms with Gasteiger partial charge in [0, 0.05) is 16.0 Å². The summed E-state index contributed by atoms with van der Waals surface area (Å²) >= 11 is 3.55. The second kappa shape index (κ2) is 3.88. The van der Waals surface area contributed by atoms with Crippen LogP contribution in [-0.4, -0.2) is 11.3 Å². The Bertz CT molecular complexity index is 451. The molecule has 0 spiro atoms. The predicted octanol–water partition coefficient (Wildman–Crippen LogP) is 3.91. The van der Waals surface area contributed by atoms with Crippen molar-refractivity contribution >= 4 is 21.6 Å². The first kappa shape index (κ1) is 11.6. The van der Waals surface area contributed by atoms with Crippen molar-refractivity contribution in [2.75, 3.05) is 0 Å². The first-order valence-electron chi connectivity index (χ1n) is 5.44. The lowest BCUT2D eigenvalue weighted by Gasteiger charge is -2.21. The van der Waals surface area contributed by atoms with Crippen molar-refractivity contribution in [1.82, 2.24) is 0 Å². The van der Waals surface area contributed by atoms with Crippen molar-refractivity contribution in [3.63, 3.8) is 0 Å². The number of halogens is 1. The summed E-state index contributed by atoms with van der Waals surface area (Å²) in [6.07, 6.45) is 0. The monoisotopic (exact) mass is 281 g/mol. The van der Waals surface area contributed by atoms with Crippen LogP contribution in [0.2, 0.25) is 0 Å². The number of hydrogen-bond acceptors (Lipinski definition) is 2. The number of rotatable bonds is 1. The largest absolute Gasteiger partial charge is 0.389 e. The molecule has 0 saturated heterocycles. The highest BCUT2D eigenvalue weighted by molar-refractivity contribution is 9.10. The van der Waals surface area contributed by atoms with Gasteiger partial charge in [-0.1, -0.05) is 40.1 Å². The summed E-state index contributed by atoms with van der Waals surface area (Å²) in [6, 6.07) is 6.30. The molecule has 0 saturated carbocycles. The fourth-order valence-corrected chi connectivity index (χ4v) is 2.09. The van der Waals surface area contributed by atoms with Crippen LogP contribution in [0.5, 0.6) is 0 Å². The Morgan fingerprint density at radius 3 is 2.56 bits per heavy atom. The number of benzene rings is 1. The first-order chi connectivity index (χ1) is 7.42. The zero-order chi connectivity index (χ0) is 11.9. The Kier molecular flexibility index (Phi) is 2.82. The lowest BCUT2D eigenvalue weighted by Crippen LogP contribution is -2.30. The molecule has 1 aliphatic heterocycles. The number of hydrogen-bond donors (Lipinski definition) is 0. The maximum absolute atomic E-state index is 5.46. The molecule has 0 bridgehead atoms. The van der Waals surface area contributed by atoms with Crippen molar-refractivity contribution in [3.05, 3.63) is 33.8 Å². The molecule has 0 aromatic heterocycles. The molecule has 1 aromatic carbocycles. The Morgan fingerprint density at radius 2 is 2.06 bits per heavy atom. The van der Waals surface area contributed by atoms with Gasteiger partial charge in [0.2, 0.25) is 0 Å². The maximum Gasteiger partial charge on any atom is 0.140 e. The normalized spacial score (nSPS) is 22.8. The molecule has 0 N–H and O–H groups in total. The van der Waals surface area contributed by atoms with Gasteiger partial charge >= 0.3 is 0 Å². The Labute approximate surface area is 105 Å². The molecule has 16 heavy (non-hydrogen) atoms. The molecule has 1 atom stereocenters. The molecular formula is C13H16BrNO. The van der Waals surface area contributed by atoms with Gasteiger partial charge in [-0.15, -0.1) is 0 Å². The Balaban J connectivity index is 2.36. The molecule has 86 valence electrons. The predicted molar refractivity (Wildman–Crippen MR) is 69.7 cm³/mol. The summed E-state index contributed by atoms with van der Waals surface area (Å²) < 4.78 is 1.12. The van der Waals surface area contributed by atoms with Crippen molar-refractivity contribution < 1.29 is 4.84 Å². The summed E-state index contributed by atoms with van der Waals surface area (Å²) in [6.45, 7) is 8.36. The summed E-state index contributed by atoms with van der Waals surface area (Å²) in [7, 11) is 0. The summed E-state index contributed by atoms with van der Waals surface area (Å²) in [4.78, 5) is 5.46. The maximum atomic E-state index is 5.46. The summed E-state index contributed by atoms with van der Waals surface area (Å²) in [5.41, 5.74) is 3.20. The van der Waals surface area contributed by atoms with Gasteiger partial charge in [-0.25, -0.2) is 0 Å². The van der Waals surface area contributed by atoms with E-state index in [1.54, 1.807) is 0 Å². The first-order valence-corrected chi connectivity index (χ1v) is 6.24. The lowest BCUT2D eigenvalue weighted by atomic mass is 9.86. The smallest absolute Gasteiger partial charge is 0.140 e. The molecule has 0 amide bonds. The van der Waals surface area contributed by atoms with Gasteiger partial charge in [0.25, 0.3) is 0 Å². The second-order valence-corrected chi connectivity index (χ2v) is 5.71. The third-order valence-corrected chi connectivity index (χ3v) is 4.15. The van der Waals surface area contributed by atoms with E-state index in [4.69, 9.17) is 4.84 Å². The van der Waals surface area contributed by atoms with Crippen LogP contribution in [0.25, 0.3) is 0 Å². The Hall–Kier alpha value is -0.830. The van der Waals surface area contributed by atoms with Crippen LogP contribution in [0.1, 0.15) is 31.9 Å². The van der Waals surface area contributed by atoms with E-state index < -0.39 is 0 Å². The lowest BCUT2D eigenvalue weighted by molar-refractivity contribution is -0.0102. The standard InChI is InChI=1S/C13H16BrNO/c1-8-5-6-10(7-11(8)14)12-9(2)13(3,4)16-15-12/h5-7,9H,1-4H3. The molecule has 0 aliphatic carbocycles. The topological polar surface area (TPSA) is 21.6 Å². The van der Waals surface area contributed by atoms with Crippen molar-refractivity contribution in [3.8, 4) is 0 Å². The third-order valence-electron chi connectivity index (χ3n) is 3.30. The fraction of sp³-hybridized carbons (Fsp3) is 0.462.